The second-order valence-electron chi connectivity index (χ2n) is 11.0. The van der Waals surface area contributed by atoms with Gasteiger partial charge in [-0.25, -0.2) is 9.48 Å². The third kappa shape index (κ3) is 6.72. The van der Waals surface area contributed by atoms with Gasteiger partial charge >= 0.3 is 6.09 Å². The predicted octanol–water partition coefficient (Wildman–Crippen LogP) is 7.47. The summed E-state index contributed by atoms with van der Waals surface area (Å²) in [7, 11) is 0. The van der Waals surface area contributed by atoms with Crippen LogP contribution in [0.4, 0.5) is 10.5 Å². The molecule has 212 valence electrons. The SMILES string of the molecule is CC(C)(C)OC(=O)Nc1cc(Cl)c(Cl)c2[nH]c(CCOC3CCCCO3)c(-c3cnn(C4CCCCO4)c3)c12. The topological polar surface area (TPSA) is 99.6 Å². The van der Waals surface area contributed by atoms with E-state index in [1.807, 2.05) is 37.8 Å². The van der Waals surface area contributed by atoms with Crippen molar-refractivity contribution in [3.05, 3.63) is 34.2 Å². The van der Waals surface area contributed by atoms with Crippen molar-refractivity contribution in [2.75, 3.05) is 25.1 Å². The molecule has 0 bridgehead atoms. The second-order valence-corrected chi connectivity index (χ2v) is 11.8. The number of amides is 1. The molecule has 2 N–H and O–H groups in total. The van der Waals surface area contributed by atoms with Crippen LogP contribution in [0.2, 0.25) is 10.0 Å². The zero-order valence-corrected chi connectivity index (χ0v) is 24.2. The smallest absolute Gasteiger partial charge is 0.412 e. The van der Waals surface area contributed by atoms with Crippen LogP contribution in [0.15, 0.2) is 18.5 Å². The summed E-state index contributed by atoms with van der Waals surface area (Å²) in [5.41, 5.74) is 3.07. The van der Waals surface area contributed by atoms with Crippen LogP contribution in [0.25, 0.3) is 22.0 Å². The minimum atomic E-state index is -0.661. The number of H-pyrrole nitrogens is 1. The number of benzene rings is 1. The number of hydrogen-bond acceptors (Lipinski definition) is 6. The molecule has 4 heterocycles. The molecule has 2 atom stereocenters. The van der Waals surface area contributed by atoms with Gasteiger partial charge in [-0.2, -0.15) is 5.10 Å². The molecule has 1 aromatic carbocycles. The maximum absolute atomic E-state index is 12.8. The highest BCUT2D eigenvalue weighted by Crippen LogP contribution is 2.44. The molecule has 0 radical (unpaired) electrons. The number of fused-ring (bicyclic) bond motifs is 1. The van der Waals surface area contributed by atoms with Crippen molar-refractivity contribution in [1.82, 2.24) is 14.8 Å². The van der Waals surface area contributed by atoms with Crippen LogP contribution in [0.3, 0.4) is 0 Å². The first kappa shape index (κ1) is 28.2. The number of ether oxygens (including phenoxy) is 4. The van der Waals surface area contributed by atoms with E-state index in [0.29, 0.717) is 34.3 Å². The van der Waals surface area contributed by atoms with E-state index >= 15 is 0 Å². The lowest BCUT2D eigenvalue weighted by atomic mass is 10.0. The lowest BCUT2D eigenvalue weighted by Gasteiger charge is -2.22. The number of halogens is 2. The van der Waals surface area contributed by atoms with Gasteiger partial charge in [0.2, 0.25) is 0 Å². The summed E-state index contributed by atoms with van der Waals surface area (Å²) in [5.74, 6) is 0. The summed E-state index contributed by atoms with van der Waals surface area (Å²) in [4.78, 5) is 16.3. The molecule has 0 aliphatic carbocycles. The largest absolute Gasteiger partial charge is 0.444 e. The number of carbonyl (C=O) groups excluding carboxylic acids is 1. The standard InChI is InChI=1S/C28H36Cl2N4O5/c1-28(2,3)39-27(35)33-20-14-18(29)25(30)26-24(20)23(17-15-31-34(16-17)21-8-4-6-11-36-21)19(32-26)10-13-38-22-9-5-7-12-37-22/h14-16,21-22,32H,4-13H2,1-3H3,(H,33,35). The molecule has 11 heteroatoms. The van der Waals surface area contributed by atoms with Gasteiger partial charge in [0.15, 0.2) is 6.29 Å². The van der Waals surface area contributed by atoms with Gasteiger partial charge in [-0.1, -0.05) is 23.2 Å². The monoisotopic (exact) mass is 578 g/mol. The van der Waals surface area contributed by atoms with E-state index in [0.717, 1.165) is 73.9 Å². The highest BCUT2D eigenvalue weighted by molar-refractivity contribution is 6.46. The summed E-state index contributed by atoms with van der Waals surface area (Å²) >= 11 is 13.2. The van der Waals surface area contributed by atoms with E-state index < -0.39 is 11.7 Å². The predicted molar refractivity (Wildman–Crippen MR) is 151 cm³/mol. The summed E-state index contributed by atoms with van der Waals surface area (Å²) < 4.78 is 25.1. The van der Waals surface area contributed by atoms with Crippen molar-refractivity contribution >= 4 is 45.9 Å². The summed E-state index contributed by atoms with van der Waals surface area (Å²) in [5, 5.41) is 8.92. The third-order valence-corrected chi connectivity index (χ3v) is 7.60. The van der Waals surface area contributed by atoms with Crippen molar-refractivity contribution in [3.8, 4) is 11.1 Å². The first-order valence-electron chi connectivity index (χ1n) is 13.6. The molecule has 9 nitrogen and oxygen atoms in total. The fraction of sp³-hybridized carbons (Fsp3) is 0.571. The highest BCUT2D eigenvalue weighted by Gasteiger charge is 2.26. The number of rotatable bonds is 7. The number of anilines is 1. The van der Waals surface area contributed by atoms with Crippen molar-refractivity contribution in [2.45, 2.75) is 83.8 Å². The molecule has 39 heavy (non-hydrogen) atoms. The Hall–Kier alpha value is -2.30. The van der Waals surface area contributed by atoms with Crippen molar-refractivity contribution in [1.29, 1.82) is 0 Å². The van der Waals surface area contributed by atoms with Crippen LogP contribution in [-0.2, 0) is 25.4 Å². The Labute approximate surface area is 238 Å². The van der Waals surface area contributed by atoms with E-state index in [2.05, 4.69) is 15.4 Å². The van der Waals surface area contributed by atoms with Crippen molar-refractivity contribution < 1.29 is 23.7 Å². The Bertz CT molecular complexity index is 1300. The average molecular weight is 580 g/mol. The lowest BCUT2D eigenvalue weighted by Crippen LogP contribution is -2.27. The summed E-state index contributed by atoms with van der Waals surface area (Å²) in [6.07, 6.45) is 9.58. The average Bonchev–Trinajstić information content (AvgIpc) is 3.53. The van der Waals surface area contributed by atoms with E-state index in [4.69, 9.17) is 42.1 Å². The van der Waals surface area contributed by atoms with Crippen LogP contribution in [0.5, 0.6) is 0 Å². The van der Waals surface area contributed by atoms with Crippen molar-refractivity contribution in [3.63, 3.8) is 0 Å². The maximum atomic E-state index is 12.8. The van der Waals surface area contributed by atoms with E-state index in [9.17, 15) is 4.79 Å². The molecule has 2 fully saturated rings. The lowest BCUT2D eigenvalue weighted by molar-refractivity contribution is -0.161. The van der Waals surface area contributed by atoms with Gasteiger partial charge in [0.05, 0.1) is 34.1 Å². The number of aromatic nitrogens is 3. The molecular weight excluding hydrogens is 543 g/mol. The number of nitrogens with one attached hydrogen (secondary N) is 2. The maximum Gasteiger partial charge on any atom is 0.412 e. The number of carbonyl (C=O) groups is 1. The molecule has 0 saturated carbocycles. The van der Waals surface area contributed by atoms with E-state index in [-0.39, 0.29) is 12.5 Å². The molecule has 2 aromatic heterocycles. The Morgan fingerprint density at radius 1 is 1.18 bits per heavy atom. The van der Waals surface area contributed by atoms with E-state index in [1.54, 1.807) is 6.07 Å². The van der Waals surface area contributed by atoms with Crippen LogP contribution in [0, 0.1) is 0 Å². The van der Waals surface area contributed by atoms with E-state index in [1.165, 1.54) is 0 Å². The normalized spacial score (nSPS) is 20.3. The quantitative estimate of drug-likeness (QED) is 0.301. The van der Waals surface area contributed by atoms with Gasteiger partial charge in [0, 0.05) is 48.0 Å². The zero-order chi connectivity index (χ0) is 27.6. The van der Waals surface area contributed by atoms with Crippen LogP contribution in [0.1, 0.15) is 71.2 Å². The fourth-order valence-electron chi connectivity index (χ4n) is 5.08. The van der Waals surface area contributed by atoms with Gasteiger partial charge < -0.3 is 23.9 Å². The van der Waals surface area contributed by atoms with Gasteiger partial charge in [-0.05, 0) is 65.4 Å². The van der Waals surface area contributed by atoms with Gasteiger partial charge in [-0.3, -0.25) is 5.32 Å². The minimum Gasteiger partial charge on any atom is -0.444 e. The molecule has 3 aromatic rings. The van der Waals surface area contributed by atoms with Gasteiger partial charge in [0.1, 0.15) is 11.8 Å². The summed E-state index contributed by atoms with van der Waals surface area (Å²) in [6.45, 7) is 7.33. The van der Waals surface area contributed by atoms with Crippen LogP contribution >= 0.6 is 23.2 Å². The van der Waals surface area contributed by atoms with Crippen LogP contribution in [-0.4, -0.2) is 52.6 Å². The molecule has 2 unspecified atom stereocenters. The Morgan fingerprint density at radius 3 is 2.64 bits per heavy atom. The van der Waals surface area contributed by atoms with Gasteiger partial charge in [-0.15, -0.1) is 0 Å². The molecule has 1 amide bonds. The Kier molecular flexibility index (Phi) is 8.73. The molecule has 2 aliphatic rings. The molecular formula is C28H36Cl2N4O5. The number of nitrogens with zero attached hydrogens (tertiary/aromatic N) is 2. The summed E-state index contributed by atoms with van der Waals surface area (Å²) in [6, 6.07) is 1.65. The van der Waals surface area contributed by atoms with Crippen molar-refractivity contribution in [2.24, 2.45) is 0 Å². The molecule has 2 aliphatic heterocycles. The van der Waals surface area contributed by atoms with Crippen LogP contribution < -0.4 is 5.32 Å². The fourth-order valence-corrected chi connectivity index (χ4v) is 5.48. The number of aromatic amines is 1. The molecule has 5 rings (SSSR count). The van der Waals surface area contributed by atoms with Gasteiger partial charge in [0.25, 0.3) is 0 Å². The second kappa shape index (κ2) is 12.1. The molecule has 0 spiro atoms. The zero-order valence-electron chi connectivity index (χ0n) is 22.6. The molecule has 2 saturated heterocycles. The first-order chi connectivity index (χ1) is 18.7. The Morgan fingerprint density at radius 2 is 1.95 bits per heavy atom. The third-order valence-electron chi connectivity index (χ3n) is 6.82. The highest BCUT2D eigenvalue weighted by atomic mass is 35.5. The minimum absolute atomic E-state index is 0.106. The number of hydrogen-bond donors (Lipinski definition) is 2. The first-order valence-corrected chi connectivity index (χ1v) is 14.4. The Balaban J connectivity index is 1.54.